The second-order valence-corrected chi connectivity index (χ2v) is 7.28. The lowest BCUT2D eigenvalue weighted by Crippen LogP contribution is -2.43. The molecule has 150 valence electrons. The van der Waals surface area contributed by atoms with Crippen LogP contribution in [0.25, 0.3) is 16.7 Å². The Labute approximate surface area is 167 Å². The molecule has 1 aliphatic heterocycles. The number of pyridine rings is 2. The minimum Gasteiger partial charge on any atom is -0.376 e. The highest BCUT2D eigenvalue weighted by atomic mass is 16.5. The van der Waals surface area contributed by atoms with Crippen LogP contribution >= 0.6 is 0 Å². The first kappa shape index (κ1) is 19.1. The van der Waals surface area contributed by atoms with Crippen LogP contribution in [0.1, 0.15) is 28.8 Å². The number of hydrogen-bond donors (Lipinski definition) is 2. The Morgan fingerprint density at radius 2 is 2.34 bits per heavy atom. The van der Waals surface area contributed by atoms with Crippen molar-refractivity contribution >= 4 is 28.4 Å². The maximum Gasteiger partial charge on any atom is 0.278 e. The summed E-state index contributed by atoms with van der Waals surface area (Å²) in [6.07, 6.45) is 5.31. The number of aromatic nitrogens is 3. The summed E-state index contributed by atoms with van der Waals surface area (Å²) in [6.45, 7) is 7.11. The number of nitrogens with two attached hydrogens (primary N) is 1. The fourth-order valence-electron chi connectivity index (χ4n) is 3.66. The van der Waals surface area contributed by atoms with Gasteiger partial charge in [0.15, 0.2) is 0 Å². The van der Waals surface area contributed by atoms with Gasteiger partial charge in [-0.3, -0.25) is 14.0 Å². The van der Waals surface area contributed by atoms with Crippen LogP contribution in [-0.2, 0) is 11.3 Å². The van der Waals surface area contributed by atoms with Crippen molar-refractivity contribution in [3.05, 3.63) is 58.5 Å². The van der Waals surface area contributed by atoms with Gasteiger partial charge in [0.05, 0.1) is 12.6 Å². The van der Waals surface area contributed by atoms with Gasteiger partial charge in [-0.15, -0.1) is 0 Å². The van der Waals surface area contributed by atoms with Crippen molar-refractivity contribution in [1.29, 1.82) is 0 Å². The molecular weight excluding hydrogens is 370 g/mol. The first-order valence-corrected chi connectivity index (χ1v) is 9.65. The highest BCUT2D eigenvalue weighted by Crippen LogP contribution is 2.16. The van der Waals surface area contributed by atoms with Crippen molar-refractivity contribution in [3.63, 3.8) is 0 Å². The van der Waals surface area contributed by atoms with E-state index in [1.165, 1.54) is 10.5 Å². The summed E-state index contributed by atoms with van der Waals surface area (Å²) in [6, 6.07) is 5.20. The van der Waals surface area contributed by atoms with E-state index in [9.17, 15) is 9.59 Å². The zero-order valence-electron chi connectivity index (χ0n) is 16.4. The maximum atomic E-state index is 13.1. The number of nitrogens with zero attached hydrogens (tertiary/aromatic N) is 3. The van der Waals surface area contributed by atoms with E-state index in [2.05, 4.69) is 16.9 Å². The van der Waals surface area contributed by atoms with E-state index in [-0.39, 0.29) is 29.0 Å². The largest absolute Gasteiger partial charge is 0.376 e. The number of anilines is 1. The zero-order chi connectivity index (χ0) is 20.5. The van der Waals surface area contributed by atoms with Gasteiger partial charge in [0.25, 0.3) is 17.1 Å². The molecule has 29 heavy (non-hydrogen) atoms. The molecule has 1 fully saturated rings. The normalized spacial score (nSPS) is 16.4. The number of aryl methyl sites for hydroxylation is 1. The molecule has 3 N–H and O–H groups in total. The summed E-state index contributed by atoms with van der Waals surface area (Å²) in [5.41, 5.74) is 8.17. The van der Waals surface area contributed by atoms with Crippen LogP contribution in [0, 0.1) is 6.92 Å². The molecule has 3 aromatic rings. The number of hydrogen-bond acceptors (Lipinski definition) is 5. The van der Waals surface area contributed by atoms with Gasteiger partial charge in [-0.05, 0) is 37.5 Å². The zero-order valence-corrected chi connectivity index (χ0v) is 16.4. The van der Waals surface area contributed by atoms with Crippen LogP contribution in [-0.4, -0.2) is 34.5 Å². The monoisotopic (exact) mass is 394 g/mol. The highest BCUT2D eigenvalue weighted by Gasteiger charge is 2.25. The summed E-state index contributed by atoms with van der Waals surface area (Å²) in [5, 5.41) is 3.19. The molecule has 0 spiro atoms. The van der Waals surface area contributed by atoms with Gasteiger partial charge in [-0.2, -0.15) is 0 Å². The summed E-state index contributed by atoms with van der Waals surface area (Å²) >= 11 is 0. The van der Waals surface area contributed by atoms with Crippen molar-refractivity contribution in [2.24, 2.45) is 0 Å². The number of allylic oxidation sites excluding steroid dienone is 1. The number of nitrogens with one attached hydrogen (secondary N) is 1. The molecule has 1 aliphatic rings. The molecule has 1 amide bonds. The quantitative estimate of drug-likeness (QED) is 0.384. The van der Waals surface area contributed by atoms with E-state index in [1.54, 1.807) is 22.9 Å². The SMILES string of the molecule is C=CC[n+]1c(N)c(C(=O)NC[C@@H]2CCCO2)cc2c(=O)n3cc(C)ccc3nc21. The predicted octanol–water partition coefficient (Wildman–Crippen LogP) is 1.12. The summed E-state index contributed by atoms with van der Waals surface area (Å²) in [7, 11) is 0. The minimum absolute atomic E-state index is 0.0140. The topological polar surface area (TPSA) is 103 Å². The number of nitrogen functional groups attached to an aromatic ring is 1. The van der Waals surface area contributed by atoms with Gasteiger partial charge >= 0.3 is 0 Å². The average Bonchev–Trinajstić information content (AvgIpc) is 3.23. The van der Waals surface area contributed by atoms with Crippen LogP contribution in [0.5, 0.6) is 0 Å². The molecular formula is C21H24N5O3+. The van der Waals surface area contributed by atoms with Gasteiger partial charge in [0.2, 0.25) is 11.5 Å². The minimum atomic E-state index is -0.341. The van der Waals surface area contributed by atoms with Crippen LogP contribution in [0.2, 0.25) is 0 Å². The fraction of sp³-hybridized carbons (Fsp3) is 0.333. The second-order valence-electron chi connectivity index (χ2n) is 7.28. The van der Waals surface area contributed by atoms with E-state index < -0.39 is 0 Å². The molecule has 0 unspecified atom stereocenters. The number of rotatable bonds is 5. The third-order valence-electron chi connectivity index (χ3n) is 5.17. The number of ether oxygens (including phenoxy) is 1. The van der Waals surface area contributed by atoms with E-state index >= 15 is 0 Å². The Kier molecular flexibility index (Phi) is 5.02. The third kappa shape index (κ3) is 3.47. The third-order valence-corrected chi connectivity index (χ3v) is 5.17. The fourth-order valence-corrected chi connectivity index (χ4v) is 3.66. The Morgan fingerprint density at radius 3 is 3.07 bits per heavy atom. The van der Waals surface area contributed by atoms with Crippen molar-refractivity contribution < 1.29 is 14.1 Å². The van der Waals surface area contributed by atoms with E-state index in [1.807, 2.05) is 13.0 Å². The summed E-state index contributed by atoms with van der Waals surface area (Å²) in [4.78, 5) is 30.6. The molecule has 8 heteroatoms. The second kappa shape index (κ2) is 7.63. The smallest absolute Gasteiger partial charge is 0.278 e. The molecule has 0 saturated carbocycles. The summed E-state index contributed by atoms with van der Waals surface area (Å²) < 4.78 is 8.68. The molecule has 0 bridgehead atoms. The van der Waals surface area contributed by atoms with Crippen LogP contribution in [0.4, 0.5) is 5.82 Å². The first-order valence-electron chi connectivity index (χ1n) is 9.65. The molecule has 0 radical (unpaired) electrons. The van der Waals surface area contributed by atoms with Crippen molar-refractivity contribution in [2.45, 2.75) is 32.4 Å². The maximum absolute atomic E-state index is 13.1. The van der Waals surface area contributed by atoms with Gasteiger partial charge in [-0.25, -0.2) is 4.57 Å². The average molecular weight is 394 g/mol. The molecule has 0 aromatic carbocycles. The van der Waals surface area contributed by atoms with E-state index in [4.69, 9.17) is 10.5 Å². The lowest BCUT2D eigenvalue weighted by atomic mass is 10.1. The van der Waals surface area contributed by atoms with E-state index in [0.29, 0.717) is 36.4 Å². The highest BCUT2D eigenvalue weighted by molar-refractivity contribution is 6.00. The molecule has 8 nitrogen and oxygen atoms in total. The number of fused-ring (bicyclic) bond motifs is 2. The van der Waals surface area contributed by atoms with Gasteiger partial charge in [-0.1, -0.05) is 23.7 Å². The Morgan fingerprint density at radius 1 is 1.52 bits per heavy atom. The van der Waals surface area contributed by atoms with Crippen LogP contribution in [0.15, 0.2) is 41.8 Å². The number of amides is 1. The number of carbonyl (C=O) groups excluding carboxylic acids is 1. The summed E-state index contributed by atoms with van der Waals surface area (Å²) in [5.74, 6) is -0.1000. The lowest BCUT2D eigenvalue weighted by molar-refractivity contribution is -0.648. The van der Waals surface area contributed by atoms with Gasteiger partial charge in [0.1, 0.15) is 10.9 Å². The van der Waals surface area contributed by atoms with Crippen LogP contribution in [0.3, 0.4) is 0 Å². The lowest BCUT2D eigenvalue weighted by Gasteiger charge is -2.13. The predicted molar refractivity (Wildman–Crippen MR) is 110 cm³/mol. The van der Waals surface area contributed by atoms with Gasteiger partial charge < -0.3 is 15.8 Å². The van der Waals surface area contributed by atoms with E-state index in [0.717, 1.165) is 18.4 Å². The molecule has 1 atom stereocenters. The van der Waals surface area contributed by atoms with Crippen molar-refractivity contribution in [1.82, 2.24) is 14.7 Å². The Hall–Kier alpha value is -3.26. The molecule has 1 saturated heterocycles. The standard InChI is InChI=1S/C21H23N5O3/c1-3-8-25-18(22)15(20(27)23-11-14-5-4-9-29-14)10-16-19(25)24-17-7-6-13(2)12-26(17)21(16)28/h3,6-7,10,12,14,22H,1,4-5,8-9,11H2,2H3,(H,23,27)/p+1/t14-/m0/s1. The van der Waals surface area contributed by atoms with Crippen LogP contribution < -0.4 is 21.2 Å². The van der Waals surface area contributed by atoms with Gasteiger partial charge in [0, 0.05) is 19.3 Å². The molecule has 0 aliphatic carbocycles. The van der Waals surface area contributed by atoms with Crippen molar-refractivity contribution in [3.8, 4) is 0 Å². The molecule has 4 heterocycles. The Balaban J connectivity index is 1.86. The van der Waals surface area contributed by atoms with Crippen molar-refractivity contribution in [2.75, 3.05) is 18.9 Å². The number of carbonyl (C=O) groups is 1. The molecule has 3 aromatic heterocycles. The Bertz CT molecular complexity index is 1180. The molecule has 4 rings (SSSR count). The first-order chi connectivity index (χ1) is 14.0.